The first-order chi connectivity index (χ1) is 8.22. The average molecular weight is 280 g/mol. The van der Waals surface area contributed by atoms with E-state index in [4.69, 9.17) is 13.0 Å². The highest BCUT2D eigenvalue weighted by Crippen LogP contribution is 2.20. The molecule has 0 bridgehead atoms. The number of rotatable bonds is 0. The van der Waals surface area contributed by atoms with Gasteiger partial charge in [-0.15, -0.1) is 0 Å². The van der Waals surface area contributed by atoms with E-state index in [9.17, 15) is 13.2 Å². The van der Waals surface area contributed by atoms with Crippen molar-refractivity contribution in [2.45, 2.75) is 5.51 Å². The molecule has 1 N–H and O–H groups in total. The molecule has 0 aliphatic rings. The molecule has 2 aromatic rings. The molecule has 0 saturated carbocycles. The van der Waals surface area contributed by atoms with Crippen molar-refractivity contribution < 1.29 is 26.1 Å². The standard InChI is InChI=1S/C8H6N2.CHF3O3S/c1-3-7-8(9-5-1)4-2-6-10-7;2-1(3,4)8(5,6)7/h1-6H;(H,5,6,7). The molecule has 98 valence electrons. The second-order valence-electron chi connectivity index (χ2n) is 2.97. The first-order valence-electron chi connectivity index (χ1n) is 4.41. The van der Waals surface area contributed by atoms with Crippen LogP contribution in [0, 0.1) is 0 Å². The minimum atomic E-state index is -5.84. The van der Waals surface area contributed by atoms with Crippen LogP contribution < -0.4 is 0 Å². The third-order valence-electron chi connectivity index (χ3n) is 1.66. The van der Waals surface area contributed by atoms with Gasteiger partial charge in [-0.2, -0.15) is 21.6 Å². The third-order valence-corrected chi connectivity index (χ3v) is 2.25. The van der Waals surface area contributed by atoms with Gasteiger partial charge in [0.05, 0.1) is 11.0 Å². The van der Waals surface area contributed by atoms with E-state index in [1.165, 1.54) is 0 Å². The van der Waals surface area contributed by atoms with E-state index >= 15 is 0 Å². The highest BCUT2D eigenvalue weighted by atomic mass is 32.2. The smallest absolute Gasteiger partial charge is 0.279 e. The fraction of sp³-hybridized carbons (Fsp3) is 0.111. The lowest BCUT2D eigenvalue weighted by Gasteiger charge is -1.97. The molecule has 0 amide bonds. The molecule has 0 atom stereocenters. The Morgan fingerprint density at radius 1 is 1.00 bits per heavy atom. The molecule has 5 nitrogen and oxygen atoms in total. The summed E-state index contributed by atoms with van der Waals surface area (Å²) in [6, 6.07) is 7.66. The summed E-state index contributed by atoms with van der Waals surface area (Å²) in [6.45, 7) is 0. The van der Waals surface area contributed by atoms with Gasteiger partial charge in [-0.25, -0.2) is 0 Å². The highest BCUT2D eigenvalue weighted by Gasteiger charge is 2.44. The maximum absolute atomic E-state index is 10.7. The lowest BCUT2D eigenvalue weighted by molar-refractivity contribution is -0.0510. The van der Waals surface area contributed by atoms with Crippen molar-refractivity contribution in [1.82, 2.24) is 9.97 Å². The Hall–Kier alpha value is -1.74. The summed E-state index contributed by atoms with van der Waals surface area (Å²) in [4.78, 5) is 8.24. The molecule has 0 spiro atoms. The number of hydrogen-bond acceptors (Lipinski definition) is 4. The summed E-state index contributed by atoms with van der Waals surface area (Å²) in [6.07, 6.45) is 3.54. The van der Waals surface area contributed by atoms with Crippen LogP contribution in [0.25, 0.3) is 11.0 Å². The van der Waals surface area contributed by atoms with Crippen molar-refractivity contribution in [2.75, 3.05) is 0 Å². The van der Waals surface area contributed by atoms with E-state index in [0.717, 1.165) is 11.0 Å². The van der Waals surface area contributed by atoms with Gasteiger partial charge in [0, 0.05) is 12.4 Å². The van der Waals surface area contributed by atoms with E-state index in [2.05, 4.69) is 9.97 Å². The minimum absolute atomic E-state index is 0.949. The van der Waals surface area contributed by atoms with E-state index in [-0.39, 0.29) is 0 Å². The minimum Gasteiger partial charge on any atom is -0.279 e. The molecule has 0 aliphatic heterocycles. The second-order valence-corrected chi connectivity index (χ2v) is 4.38. The van der Waals surface area contributed by atoms with Crippen molar-refractivity contribution in [3.63, 3.8) is 0 Å². The number of aromatic nitrogens is 2. The fourth-order valence-electron chi connectivity index (χ4n) is 0.904. The summed E-state index contributed by atoms with van der Waals surface area (Å²) < 4.78 is 57.5. The molecule has 0 saturated heterocycles. The summed E-state index contributed by atoms with van der Waals surface area (Å²) in [5, 5.41) is 0. The molecule has 0 aromatic carbocycles. The Balaban J connectivity index is 0.000000187. The average Bonchev–Trinajstić information content (AvgIpc) is 2.27. The quantitative estimate of drug-likeness (QED) is 0.590. The van der Waals surface area contributed by atoms with Gasteiger partial charge >= 0.3 is 15.6 Å². The van der Waals surface area contributed by atoms with Crippen LogP contribution in [-0.2, 0) is 10.1 Å². The van der Waals surface area contributed by atoms with E-state index in [1.807, 2.05) is 24.3 Å². The maximum Gasteiger partial charge on any atom is 0.522 e. The zero-order valence-electron chi connectivity index (χ0n) is 8.66. The molecular formula is C9H7F3N2O3S. The molecule has 2 aromatic heterocycles. The normalized spacial score (nSPS) is 11.8. The molecule has 9 heteroatoms. The second kappa shape index (κ2) is 5.27. The van der Waals surface area contributed by atoms with Gasteiger partial charge in [0.2, 0.25) is 0 Å². The number of hydrogen-bond donors (Lipinski definition) is 1. The van der Waals surface area contributed by atoms with Crippen LogP contribution in [-0.4, -0.2) is 28.4 Å². The molecule has 18 heavy (non-hydrogen) atoms. The van der Waals surface area contributed by atoms with E-state index in [1.54, 1.807) is 12.4 Å². The predicted octanol–water partition coefficient (Wildman–Crippen LogP) is 2.02. The molecule has 2 rings (SSSR count). The molecular weight excluding hydrogens is 273 g/mol. The van der Waals surface area contributed by atoms with Crippen molar-refractivity contribution in [3.05, 3.63) is 36.7 Å². The van der Waals surface area contributed by atoms with E-state index < -0.39 is 15.6 Å². The molecule has 0 aliphatic carbocycles. The number of nitrogens with zero attached hydrogens (tertiary/aromatic N) is 2. The van der Waals surface area contributed by atoms with Crippen LogP contribution in [0.15, 0.2) is 36.7 Å². The Morgan fingerprint density at radius 3 is 1.61 bits per heavy atom. The molecule has 2 heterocycles. The van der Waals surface area contributed by atoms with Gasteiger partial charge in [-0.3, -0.25) is 14.5 Å². The lowest BCUT2D eigenvalue weighted by Crippen LogP contribution is -2.21. The number of fused-ring (bicyclic) bond motifs is 1. The topological polar surface area (TPSA) is 80.2 Å². The highest BCUT2D eigenvalue weighted by molar-refractivity contribution is 7.86. The third kappa shape index (κ3) is 3.93. The van der Waals surface area contributed by atoms with Gasteiger partial charge in [0.1, 0.15) is 0 Å². The number of alkyl halides is 3. The number of pyridine rings is 2. The predicted molar refractivity (Wildman–Crippen MR) is 57.1 cm³/mol. The van der Waals surface area contributed by atoms with Crippen LogP contribution in [0.2, 0.25) is 0 Å². The zero-order chi connectivity index (χ0) is 13.8. The maximum atomic E-state index is 10.7. The largest absolute Gasteiger partial charge is 0.522 e. The van der Waals surface area contributed by atoms with Crippen molar-refractivity contribution in [3.8, 4) is 0 Å². The lowest BCUT2D eigenvalue weighted by atomic mass is 10.3. The van der Waals surface area contributed by atoms with Crippen LogP contribution in [0.5, 0.6) is 0 Å². The van der Waals surface area contributed by atoms with Crippen LogP contribution in [0.4, 0.5) is 13.2 Å². The van der Waals surface area contributed by atoms with E-state index in [0.29, 0.717) is 0 Å². The summed E-state index contributed by atoms with van der Waals surface area (Å²) in [5.41, 5.74) is -3.64. The number of halogens is 3. The molecule has 0 radical (unpaired) electrons. The van der Waals surface area contributed by atoms with Gasteiger partial charge in [0.15, 0.2) is 0 Å². The summed E-state index contributed by atoms with van der Waals surface area (Å²) in [7, 11) is -5.84. The van der Waals surface area contributed by atoms with Crippen LogP contribution in [0.3, 0.4) is 0 Å². The Labute approximate surface area is 100 Å². The molecule has 0 fully saturated rings. The first kappa shape index (κ1) is 14.3. The Morgan fingerprint density at radius 2 is 1.33 bits per heavy atom. The Bertz CT molecular complexity index is 563. The van der Waals surface area contributed by atoms with Crippen LogP contribution >= 0.6 is 0 Å². The monoisotopic (exact) mass is 280 g/mol. The van der Waals surface area contributed by atoms with Gasteiger partial charge < -0.3 is 0 Å². The Kier molecular flexibility index (Phi) is 4.19. The summed E-state index contributed by atoms with van der Waals surface area (Å²) in [5.74, 6) is 0. The fourth-order valence-corrected chi connectivity index (χ4v) is 0.904. The summed E-state index contributed by atoms with van der Waals surface area (Å²) >= 11 is 0. The van der Waals surface area contributed by atoms with Crippen molar-refractivity contribution in [2.24, 2.45) is 0 Å². The van der Waals surface area contributed by atoms with Gasteiger partial charge in [0.25, 0.3) is 0 Å². The van der Waals surface area contributed by atoms with Gasteiger partial charge in [-0.1, -0.05) is 0 Å². The van der Waals surface area contributed by atoms with Crippen LogP contribution in [0.1, 0.15) is 0 Å². The van der Waals surface area contributed by atoms with Crippen molar-refractivity contribution in [1.29, 1.82) is 0 Å². The molecule has 0 unspecified atom stereocenters. The zero-order valence-corrected chi connectivity index (χ0v) is 9.48. The first-order valence-corrected chi connectivity index (χ1v) is 5.85. The van der Waals surface area contributed by atoms with Crippen molar-refractivity contribution >= 4 is 21.2 Å². The van der Waals surface area contributed by atoms with Gasteiger partial charge in [-0.05, 0) is 24.3 Å². The SMILES string of the molecule is O=S(=O)(O)C(F)(F)F.c1cnc2cccnc2c1.